The Morgan fingerprint density at radius 1 is 0.667 bits per heavy atom. The van der Waals surface area contributed by atoms with Crippen molar-refractivity contribution in [3.8, 4) is 0 Å². The molecule has 0 spiro atoms. The molecule has 0 amide bonds. The van der Waals surface area contributed by atoms with Crippen LogP contribution in [0.2, 0.25) is 0 Å². The van der Waals surface area contributed by atoms with Crippen LogP contribution in [0.3, 0.4) is 0 Å². The summed E-state index contributed by atoms with van der Waals surface area (Å²) in [7, 11) is 0. The average molecular weight is 265 g/mol. The normalized spacial score (nSPS) is 5.00. The maximum atomic E-state index is 8.89. The molecule has 9 heteroatoms. The molecular formula is C6H13CrO8. The van der Waals surface area contributed by atoms with Crippen molar-refractivity contribution in [2.45, 2.75) is 20.8 Å². The summed E-state index contributed by atoms with van der Waals surface area (Å²) in [5.74, 6) is -3.25. The minimum absolute atomic E-state index is 0. The molecule has 0 aromatic rings. The van der Waals surface area contributed by atoms with Gasteiger partial charge in [0, 0.05) is 17.9 Å². The number of hydrogen-bond acceptors (Lipinski definition) is 6. The monoisotopic (exact) mass is 265 g/mol. The van der Waals surface area contributed by atoms with E-state index in [1.165, 1.54) is 0 Å². The Morgan fingerprint density at radius 3 is 0.667 bits per heavy atom. The Hall–Kier alpha value is -1.14. The van der Waals surface area contributed by atoms with Crippen molar-refractivity contribution in [3.05, 3.63) is 0 Å². The van der Waals surface area contributed by atoms with Crippen LogP contribution in [0.15, 0.2) is 0 Å². The molecule has 0 aromatic heterocycles. The summed E-state index contributed by atoms with van der Waals surface area (Å²) in [6.45, 7) is 2.92. The van der Waals surface area contributed by atoms with Crippen molar-refractivity contribution < 1.29 is 58.0 Å². The topological polar surface area (TPSA) is 183 Å². The first-order valence-corrected chi connectivity index (χ1v) is 2.72. The standard InChI is InChI=1S/3C2H4O2.Cr.2H2O/c3*1-2(3)4;;;/h3*1H3,(H,3,4);;2*1H2/q;;;+3;;/p-3. The van der Waals surface area contributed by atoms with Gasteiger partial charge in [0.25, 0.3) is 0 Å². The molecule has 0 unspecified atom stereocenters. The quantitative estimate of drug-likeness (QED) is 0.420. The zero-order valence-corrected chi connectivity index (χ0v) is 9.63. The van der Waals surface area contributed by atoms with Crippen molar-refractivity contribution in [1.29, 1.82) is 0 Å². The van der Waals surface area contributed by atoms with Crippen LogP contribution in [0, 0.1) is 0 Å². The van der Waals surface area contributed by atoms with Gasteiger partial charge in [0.1, 0.15) is 0 Å². The molecule has 0 heterocycles. The van der Waals surface area contributed by atoms with Crippen molar-refractivity contribution in [1.82, 2.24) is 0 Å². The van der Waals surface area contributed by atoms with Gasteiger partial charge in [-0.1, -0.05) is 0 Å². The van der Waals surface area contributed by atoms with E-state index in [2.05, 4.69) is 0 Å². The van der Waals surface area contributed by atoms with E-state index in [9.17, 15) is 0 Å². The molecule has 0 fully saturated rings. The number of carboxylic acid groups (broad SMARTS) is 3. The molecule has 0 saturated heterocycles. The summed E-state index contributed by atoms with van der Waals surface area (Å²) in [5.41, 5.74) is 0. The Balaban J connectivity index is -0.0000000184. The molecule has 0 aliphatic carbocycles. The van der Waals surface area contributed by atoms with Crippen LogP contribution < -0.4 is 15.3 Å². The van der Waals surface area contributed by atoms with Gasteiger partial charge in [-0.15, -0.1) is 0 Å². The Bertz CT molecular complexity index is 117. The number of aliphatic carboxylic acids is 3. The molecule has 15 heavy (non-hydrogen) atoms. The molecule has 0 atom stereocenters. The SMILES string of the molecule is CC(=O)[O-].CC(=O)[O-].CC(=O)[O-].O.O.[Cr+3]. The third-order valence-corrected chi connectivity index (χ3v) is 0. The summed E-state index contributed by atoms with van der Waals surface area (Å²) in [6, 6.07) is 0. The largest absolute Gasteiger partial charge is 3.00 e. The molecule has 0 bridgehead atoms. The van der Waals surface area contributed by atoms with E-state index in [4.69, 9.17) is 29.7 Å². The zero-order valence-electron chi connectivity index (χ0n) is 8.36. The fourth-order valence-electron chi connectivity index (χ4n) is 0. The number of carbonyl (C=O) groups excluding carboxylic acids is 3. The van der Waals surface area contributed by atoms with Gasteiger partial charge in [-0.3, -0.25) is 0 Å². The van der Waals surface area contributed by atoms with E-state index >= 15 is 0 Å². The van der Waals surface area contributed by atoms with E-state index in [0.717, 1.165) is 20.8 Å². The number of carbonyl (C=O) groups is 3. The minimum atomic E-state index is -1.08. The predicted molar refractivity (Wildman–Crippen MR) is 39.3 cm³/mol. The molecule has 0 saturated carbocycles. The first-order valence-electron chi connectivity index (χ1n) is 2.72. The minimum Gasteiger partial charge on any atom is -0.550 e. The fraction of sp³-hybridized carbons (Fsp3) is 0.500. The first-order chi connectivity index (χ1) is 5.20. The van der Waals surface area contributed by atoms with Gasteiger partial charge in [-0.2, -0.15) is 0 Å². The maximum Gasteiger partial charge on any atom is 3.00 e. The Labute approximate surface area is 97.3 Å². The molecule has 0 aromatic carbocycles. The van der Waals surface area contributed by atoms with E-state index in [0.29, 0.717) is 0 Å². The second-order valence-electron chi connectivity index (χ2n) is 1.47. The van der Waals surface area contributed by atoms with Gasteiger partial charge in [-0.05, 0) is 20.8 Å². The third kappa shape index (κ3) is 1170. The average Bonchev–Trinajstić information content (AvgIpc) is 1.54. The smallest absolute Gasteiger partial charge is 0.550 e. The molecule has 0 aliphatic rings. The first kappa shape index (κ1) is 37.1. The summed E-state index contributed by atoms with van der Waals surface area (Å²) >= 11 is 0. The van der Waals surface area contributed by atoms with Crippen LogP contribution in [0.25, 0.3) is 0 Å². The zero-order chi connectivity index (χ0) is 10.7. The van der Waals surface area contributed by atoms with Crippen LogP contribution >= 0.6 is 0 Å². The van der Waals surface area contributed by atoms with E-state index in [1.807, 2.05) is 0 Å². The van der Waals surface area contributed by atoms with Gasteiger partial charge in [-0.25, -0.2) is 0 Å². The number of rotatable bonds is 0. The van der Waals surface area contributed by atoms with Gasteiger partial charge in [0.2, 0.25) is 0 Å². The van der Waals surface area contributed by atoms with Gasteiger partial charge in [0.15, 0.2) is 0 Å². The van der Waals surface area contributed by atoms with Gasteiger partial charge >= 0.3 is 17.4 Å². The second kappa shape index (κ2) is 29.3. The van der Waals surface area contributed by atoms with Crippen molar-refractivity contribution in [2.24, 2.45) is 0 Å². The molecule has 0 rings (SSSR count). The van der Waals surface area contributed by atoms with Crippen molar-refractivity contribution in [2.75, 3.05) is 0 Å². The Morgan fingerprint density at radius 2 is 0.667 bits per heavy atom. The molecule has 8 nitrogen and oxygen atoms in total. The summed E-state index contributed by atoms with van der Waals surface area (Å²) in [5, 5.41) is 26.7. The van der Waals surface area contributed by atoms with Crippen LogP contribution in [-0.2, 0) is 31.7 Å². The van der Waals surface area contributed by atoms with Crippen molar-refractivity contribution >= 4 is 17.9 Å². The Kier molecular flexibility index (Phi) is 72.4. The van der Waals surface area contributed by atoms with Crippen LogP contribution in [0.4, 0.5) is 0 Å². The van der Waals surface area contributed by atoms with Gasteiger partial charge in [0.05, 0.1) is 0 Å². The molecular weight excluding hydrogens is 252 g/mol. The number of carboxylic acids is 3. The van der Waals surface area contributed by atoms with E-state index < -0.39 is 17.9 Å². The number of hydrogen-bond donors (Lipinski definition) is 0. The fourth-order valence-corrected chi connectivity index (χ4v) is 0. The van der Waals surface area contributed by atoms with E-state index in [1.54, 1.807) is 0 Å². The summed E-state index contributed by atoms with van der Waals surface area (Å²) in [6.07, 6.45) is 0. The van der Waals surface area contributed by atoms with Crippen LogP contribution in [-0.4, -0.2) is 28.9 Å². The van der Waals surface area contributed by atoms with E-state index in [-0.39, 0.29) is 28.3 Å². The maximum absolute atomic E-state index is 8.89. The predicted octanol–water partition coefficient (Wildman–Crippen LogP) is -5.38. The van der Waals surface area contributed by atoms with Crippen LogP contribution in [0.1, 0.15) is 20.8 Å². The van der Waals surface area contributed by atoms with Crippen LogP contribution in [0.5, 0.6) is 0 Å². The molecule has 0 aliphatic heterocycles. The summed E-state index contributed by atoms with van der Waals surface area (Å²) in [4.78, 5) is 26.7. The second-order valence-corrected chi connectivity index (χ2v) is 1.47. The molecule has 4 N–H and O–H groups in total. The van der Waals surface area contributed by atoms with Gasteiger partial charge < -0.3 is 40.7 Å². The third-order valence-electron chi connectivity index (χ3n) is 0. The molecule has 91 valence electrons. The summed E-state index contributed by atoms with van der Waals surface area (Å²) < 4.78 is 0. The molecule has 1 radical (unpaired) electrons. The van der Waals surface area contributed by atoms with Crippen molar-refractivity contribution in [3.63, 3.8) is 0 Å².